The molecule has 5 nitrogen and oxygen atoms in total. The molecule has 24 heavy (non-hydrogen) atoms. The van der Waals surface area contributed by atoms with Crippen LogP contribution in [0.5, 0.6) is 5.75 Å². The topological polar surface area (TPSA) is 64.4 Å². The van der Waals surface area contributed by atoms with Gasteiger partial charge in [-0.25, -0.2) is 4.98 Å². The van der Waals surface area contributed by atoms with Crippen molar-refractivity contribution in [2.24, 2.45) is 0 Å². The Morgan fingerprint density at radius 3 is 2.83 bits per heavy atom. The zero-order chi connectivity index (χ0) is 17.1. The largest absolute Gasteiger partial charge is 0.496 e. The summed E-state index contributed by atoms with van der Waals surface area (Å²) in [7, 11) is 1.60. The molecule has 2 aromatic heterocycles. The van der Waals surface area contributed by atoms with E-state index in [1.807, 2.05) is 18.2 Å². The SMILES string of the molecule is COc1cc(NCc2cnc(Cl)s2)ccc1-c1ccc(C(C)=O)o1. The van der Waals surface area contributed by atoms with Crippen molar-refractivity contribution in [1.29, 1.82) is 0 Å². The zero-order valence-corrected chi connectivity index (χ0v) is 14.7. The van der Waals surface area contributed by atoms with Gasteiger partial charge in [0.2, 0.25) is 0 Å². The molecule has 1 aromatic carbocycles. The van der Waals surface area contributed by atoms with Crippen LogP contribution in [0, 0.1) is 0 Å². The highest BCUT2D eigenvalue weighted by atomic mass is 35.5. The summed E-state index contributed by atoms with van der Waals surface area (Å²) in [5.41, 5.74) is 1.69. The average molecular weight is 363 g/mol. The first-order valence-electron chi connectivity index (χ1n) is 7.20. The Labute approximate surface area is 148 Å². The quantitative estimate of drug-likeness (QED) is 0.633. The number of furan rings is 1. The van der Waals surface area contributed by atoms with Crippen LogP contribution in [0.4, 0.5) is 5.69 Å². The molecule has 0 unspecified atom stereocenters. The van der Waals surface area contributed by atoms with E-state index in [1.165, 1.54) is 18.3 Å². The third-order valence-corrected chi connectivity index (χ3v) is 4.53. The summed E-state index contributed by atoms with van der Waals surface area (Å²) >= 11 is 7.26. The molecule has 124 valence electrons. The lowest BCUT2D eigenvalue weighted by molar-refractivity contribution is 0.0988. The minimum atomic E-state index is -0.110. The maximum absolute atomic E-state index is 11.4. The molecule has 3 rings (SSSR count). The molecule has 3 aromatic rings. The van der Waals surface area contributed by atoms with E-state index in [9.17, 15) is 4.79 Å². The monoisotopic (exact) mass is 362 g/mol. The Bertz CT molecular complexity index is 872. The molecule has 0 aliphatic heterocycles. The number of nitrogens with one attached hydrogen (secondary N) is 1. The van der Waals surface area contributed by atoms with Crippen LogP contribution in [0.25, 0.3) is 11.3 Å². The summed E-state index contributed by atoms with van der Waals surface area (Å²) in [6.45, 7) is 2.10. The maximum atomic E-state index is 11.4. The summed E-state index contributed by atoms with van der Waals surface area (Å²) in [4.78, 5) is 16.4. The van der Waals surface area contributed by atoms with Gasteiger partial charge in [-0.05, 0) is 24.3 Å². The number of rotatable bonds is 6. The highest BCUT2D eigenvalue weighted by Gasteiger charge is 2.13. The Morgan fingerprint density at radius 1 is 1.38 bits per heavy atom. The molecule has 0 aliphatic carbocycles. The second kappa shape index (κ2) is 7.07. The molecular formula is C17H15ClN2O3S. The number of aromatic nitrogens is 1. The van der Waals surface area contributed by atoms with Crippen LogP contribution >= 0.6 is 22.9 Å². The van der Waals surface area contributed by atoms with Crippen LogP contribution in [-0.4, -0.2) is 17.9 Å². The highest BCUT2D eigenvalue weighted by Crippen LogP contribution is 2.34. The van der Waals surface area contributed by atoms with Crippen molar-refractivity contribution in [2.45, 2.75) is 13.5 Å². The smallest absolute Gasteiger partial charge is 0.194 e. The number of hydrogen-bond acceptors (Lipinski definition) is 6. The predicted octanol–water partition coefficient (Wildman–Crippen LogP) is 4.88. The fourth-order valence-corrected chi connectivity index (χ4v) is 3.15. The summed E-state index contributed by atoms with van der Waals surface area (Å²) in [5, 5.41) is 3.30. The van der Waals surface area contributed by atoms with Crippen molar-refractivity contribution in [3.8, 4) is 17.1 Å². The Balaban J connectivity index is 1.80. The van der Waals surface area contributed by atoms with Gasteiger partial charge in [-0.2, -0.15) is 0 Å². The van der Waals surface area contributed by atoms with Gasteiger partial charge in [0.1, 0.15) is 11.5 Å². The van der Waals surface area contributed by atoms with Crippen molar-refractivity contribution in [3.63, 3.8) is 0 Å². The first-order chi connectivity index (χ1) is 11.6. The normalized spacial score (nSPS) is 10.6. The zero-order valence-electron chi connectivity index (χ0n) is 13.1. The van der Waals surface area contributed by atoms with Crippen molar-refractivity contribution in [2.75, 3.05) is 12.4 Å². The van der Waals surface area contributed by atoms with Gasteiger partial charge >= 0.3 is 0 Å². The fourth-order valence-electron chi connectivity index (χ4n) is 2.23. The molecule has 0 spiro atoms. The van der Waals surface area contributed by atoms with E-state index in [0.29, 0.717) is 28.3 Å². The van der Waals surface area contributed by atoms with Gasteiger partial charge in [-0.1, -0.05) is 11.6 Å². The van der Waals surface area contributed by atoms with Crippen LogP contribution in [0.15, 0.2) is 40.9 Å². The standard InChI is InChI=1S/C17H15ClN2O3S/c1-10(21)14-5-6-15(23-14)13-4-3-11(7-16(13)22-2)19-8-12-9-20-17(18)24-12/h3-7,9,19H,8H2,1-2H3. The molecule has 0 atom stereocenters. The van der Waals surface area contributed by atoms with E-state index in [4.69, 9.17) is 20.8 Å². The lowest BCUT2D eigenvalue weighted by Crippen LogP contribution is -1.98. The number of benzene rings is 1. The summed E-state index contributed by atoms with van der Waals surface area (Å²) < 4.78 is 11.6. The molecule has 0 aliphatic rings. The number of carbonyl (C=O) groups excluding carboxylic acids is 1. The minimum Gasteiger partial charge on any atom is -0.496 e. The second-order valence-electron chi connectivity index (χ2n) is 5.07. The molecule has 0 amide bonds. The van der Waals surface area contributed by atoms with E-state index in [0.717, 1.165) is 16.1 Å². The molecule has 0 saturated carbocycles. The molecule has 0 bridgehead atoms. The molecule has 7 heteroatoms. The van der Waals surface area contributed by atoms with Gasteiger partial charge < -0.3 is 14.5 Å². The highest BCUT2D eigenvalue weighted by molar-refractivity contribution is 7.15. The van der Waals surface area contributed by atoms with Crippen molar-refractivity contribution < 1.29 is 13.9 Å². The van der Waals surface area contributed by atoms with Gasteiger partial charge in [0, 0.05) is 29.8 Å². The van der Waals surface area contributed by atoms with Crippen LogP contribution in [0.3, 0.4) is 0 Å². The minimum absolute atomic E-state index is 0.110. The van der Waals surface area contributed by atoms with Crippen molar-refractivity contribution >= 4 is 34.4 Å². The third kappa shape index (κ3) is 3.60. The van der Waals surface area contributed by atoms with E-state index >= 15 is 0 Å². The lowest BCUT2D eigenvalue weighted by atomic mass is 10.1. The summed E-state index contributed by atoms with van der Waals surface area (Å²) in [6, 6.07) is 9.13. The van der Waals surface area contributed by atoms with E-state index in [-0.39, 0.29) is 5.78 Å². The molecule has 0 fully saturated rings. The number of hydrogen-bond donors (Lipinski definition) is 1. The number of nitrogens with zero attached hydrogens (tertiary/aromatic N) is 1. The second-order valence-corrected chi connectivity index (χ2v) is 6.77. The van der Waals surface area contributed by atoms with E-state index < -0.39 is 0 Å². The fraction of sp³-hybridized carbons (Fsp3) is 0.176. The van der Waals surface area contributed by atoms with Crippen molar-refractivity contribution in [1.82, 2.24) is 4.98 Å². The van der Waals surface area contributed by atoms with Crippen LogP contribution in [-0.2, 0) is 6.54 Å². The number of carbonyl (C=O) groups is 1. The molecule has 2 heterocycles. The van der Waals surface area contributed by atoms with Gasteiger partial charge in [0.25, 0.3) is 0 Å². The van der Waals surface area contributed by atoms with Crippen LogP contribution in [0.1, 0.15) is 22.4 Å². The van der Waals surface area contributed by atoms with Gasteiger partial charge in [0.05, 0.1) is 19.2 Å². The molecule has 0 saturated heterocycles. The first kappa shape index (κ1) is 16.5. The van der Waals surface area contributed by atoms with Gasteiger partial charge in [-0.3, -0.25) is 4.79 Å². The number of thiazole rings is 1. The first-order valence-corrected chi connectivity index (χ1v) is 8.39. The van der Waals surface area contributed by atoms with Crippen LogP contribution in [0.2, 0.25) is 4.47 Å². The number of ketones is 1. The number of halogens is 1. The lowest BCUT2D eigenvalue weighted by Gasteiger charge is -2.10. The molecule has 0 radical (unpaired) electrons. The van der Waals surface area contributed by atoms with E-state index in [2.05, 4.69) is 10.3 Å². The third-order valence-electron chi connectivity index (χ3n) is 3.41. The molecular weight excluding hydrogens is 348 g/mol. The Morgan fingerprint density at radius 2 is 2.21 bits per heavy atom. The summed E-state index contributed by atoms with van der Waals surface area (Å²) in [5.74, 6) is 1.47. The molecule has 1 N–H and O–H groups in total. The Hall–Kier alpha value is -2.31. The average Bonchev–Trinajstić information content (AvgIpc) is 3.21. The Kier molecular flexibility index (Phi) is 4.87. The van der Waals surface area contributed by atoms with Crippen molar-refractivity contribution in [3.05, 3.63) is 51.6 Å². The summed E-state index contributed by atoms with van der Waals surface area (Å²) in [6.07, 6.45) is 1.75. The van der Waals surface area contributed by atoms with Gasteiger partial charge in [0.15, 0.2) is 16.0 Å². The van der Waals surface area contributed by atoms with Crippen LogP contribution < -0.4 is 10.1 Å². The predicted molar refractivity (Wildman–Crippen MR) is 95.2 cm³/mol. The van der Waals surface area contributed by atoms with E-state index in [1.54, 1.807) is 25.4 Å². The van der Waals surface area contributed by atoms with Gasteiger partial charge in [-0.15, -0.1) is 11.3 Å². The number of ether oxygens (including phenoxy) is 1. The number of methoxy groups -OCH3 is 1. The maximum Gasteiger partial charge on any atom is 0.194 e. The number of Topliss-reactive ketones (excluding diaryl/α,β-unsaturated/α-hetero) is 1. The number of anilines is 1.